The van der Waals surface area contributed by atoms with Crippen LogP contribution in [0.1, 0.15) is 6.42 Å². The molecule has 160 valence electrons. The summed E-state index contributed by atoms with van der Waals surface area (Å²) in [5.74, 6) is 2.58. The topological polar surface area (TPSA) is 78.3 Å². The first-order chi connectivity index (χ1) is 15.8. The monoisotopic (exact) mass is 444 g/mol. The number of hydrogen-bond acceptors (Lipinski definition) is 6. The number of fused-ring (bicyclic) bond motifs is 1. The molecule has 0 unspecified atom stereocenters. The van der Waals surface area contributed by atoms with Gasteiger partial charge in [0.15, 0.2) is 22.5 Å². The van der Waals surface area contributed by atoms with Crippen molar-refractivity contribution in [3.8, 4) is 28.6 Å². The summed E-state index contributed by atoms with van der Waals surface area (Å²) in [6.07, 6.45) is 0.335. The van der Waals surface area contributed by atoms with Crippen molar-refractivity contribution in [3.63, 3.8) is 0 Å². The highest BCUT2D eigenvalue weighted by atomic mass is 32.2. The molecule has 3 aromatic carbocycles. The highest BCUT2D eigenvalue weighted by Crippen LogP contribution is 2.34. The van der Waals surface area contributed by atoms with Crippen LogP contribution in [0.5, 0.6) is 11.5 Å². The van der Waals surface area contributed by atoms with Crippen molar-refractivity contribution in [2.45, 2.75) is 11.6 Å². The number of thioether (sulfide) groups is 1. The van der Waals surface area contributed by atoms with Crippen LogP contribution in [0.4, 0.5) is 5.69 Å². The maximum atomic E-state index is 12.4. The van der Waals surface area contributed by atoms with Crippen LogP contribution >= 0.6 is 11.8 Å². The number of ether oxygens (including phenoxy) is 2. The van der Waals surface area contributed by atoms with Crippen molar-refractivity contribution < 1.29 is 14.3 Å². The summed E-state index contributed by atoms with van der Waals surface area (Å²) in [7, 11) is 0. The molecule has 1 aliphatic rings. The normalized spacial score (nSPS) is 12.0. The number of nitrogens with zero attached hydrogens (tertiary/aromatic N) is 3. The van der Waals surface area contributed by atoms with Gasteiger partial charge >= 0.3 is 0 Å². The molecule has 1 aromatic heterocycles. The first kappa shape index (κ1) is 20.1. The molecular weight excluding hydrogens is 424 g/mol. The van der Waals surface area contributed by atoms with E-state index >= 15 is 0 Å². The lowest BCUT2D eigenvalue weighted by Crippen LogP contribution is -2.12. The Morgan fingerprint density at radius 3 is 2.50 bits per heavy atom. The summed E-state index contributed by atoms with van der Waals surface area (Å²) < 4.78 is 12.7. The fraction of sp³-hybridized carbons (Fsp3) is 0.125. The van der Waals surface area contributed by atoms with E-state index in [-0.39, 0.29) is 12.7 Å². The molecule has 0 saturated carbocycles. The highest BCUT2D eigenvalue weighted by Gasteiger charge is 2.17. The molecule has 5 rings (SSSR count). The van der Waals surface area contributed by atoms with E-state index in [2.05, 4.69) is 15.5 Å². The predicted octanol–water partition coefficient (Wildman–Crippen LogP) is 4.78. The van der Waals surface area contributed by atoms with Crippen LogP contribution in [0.15, 0.2) is 84.0 Å². The summed E-state index contributed by atoms with van der Waals surface area (Å²) in [6.45, 7) is 0.205. The lowest BCUT2D eigenvalue weighted by molar-refractivity contribution is -0.115. The lowest BCUT2D eigenvalue weighted by Gasteiger charge is -2.10. The molecule has 0 aliphatic carbocycles. The molecule has 1 N–H and O–H groups in total. The molecule has 0 fully saturated rings. The van der Waals surface area contributed by atoms with E-state index in [0.717, 1.165) is 22.2 Å². The number of hydrogen-bond donors (Lipinski definition) is 1. The maximum Gasteiger partial charge on any atom is 0.231 e. The van der Waals surface area contributed by atoms with Crippen LogP contribution in [0.3, 0.4) is 0 Å². The Morgan fingerprint density at radius 2 is 1.69 bits per heavy atom. The Balaban J connectivity index is 1.28. The number of para-hydroxylation sites is 1. The standard InChI is InChI=1S/C24H20N4O3S/c29-22(25-18-11-12-20-21(15-18)31-16-30-20)13-14-32-24-27-26-23(17-7-3-1-4-8-17)28(24)19-9-5-2-6-10-19/h1-12,15H,13-14,16H2,(H,25,29). The van der Waals surface area contributed by atoms with E-state index in [1.54, 1.807) is 18.2 Å². The third-order valence-corrected chi connectivity index (χ3v) is 5.83. The first-order valence-electron chi connectivity index (χ1n) is 10.2. The van der Waals surface area contributed by atoms with Gasteiger partial charge < -0.3 is 14.8 Å². The van der Waals surface area contributed by atoms with Gasteiger partial charge in [0.2, 0.25) is 12.7 Å². The van der Waals surface area contributed by atoms with Gasteiger partial charge in [-0.1, -0.05) is 60.3 Å². The SMILES string of the molecule is O=C(CCSc1nnc(-c2ccccc2)n1-c1ccccc1)Nc1ccc2c(c1)OCO2. The molecule has 0 radical (unpaired) electrons. The molecule has 4 aromatic rings. The number of rotatable bonds is 7. The quantitative estimate of drug-likeness (QED) is 0.413. The molecule has 32 heavy (non-hydrogen) atoms. The second-order valence-electron chi connectivity index (χ2n) is 7.06. The van der Waals surface area contributed by atoms with Crippen LogP contribution in [0, 0.1) is 0 Å². The lowest BCUT2D eigenvalue weighted by atomic mass is 10.2. The van der Waals surface area contributed by atoms with Gasteiger partial charge in [-0.3, -0.25) is 9.36 Å². The Bertz CT molecular complexity index is 1230. The summed E-state index contributed by atoms with van der Waals surface area (Å²) in [6, 6.07) is 25.3. The molecule has 0 spiro atoms. The van der Waals surface area contributed by atoms with Gasteiger partial charge in [-0.15, -0.1) is 10.2 Å². The molecule has 7 nitrogen and oxygen atoms in total. The Hall–Kier alpha value is -3.78. The van der Waals surface area contributed by atoms with E-state index in [4.69, 9.17) is 9.47 Å². The third kappa shape index (κ3) is 4.31. The largest absolute Gasteiger partial charge is 0.454 e. The number of aromatic nitrogens is 3. The second kappa shape index (κ2) is 9.15. The van der Waals surface area contributed by atoms with Gasteiger partial charge in [0, 0.05) is 35.2 Å². The highest BCUT2D eigenvalue weighted by molar-refractivity contribution is 7.99. The van der Waals surface area contributed by atoms with Crippen molar-refractivity contribution in [3.05, 3.63) is 78.9 Å². The number of nitrogens with one attached hydrogen (secondary N) is 1. The van der Waals surface area contributed by atoms with E-state index in [1.165, 1.54) is 11.8 Å². The van der Waals surface area contributed by atoms with Gasteiger partial charge in [0.25, 0.3) is 0 Å². The van der Waals surface area contributed by atoms with E-state index < -0.39 is 0 Å². The summed E-state index contributed by atoms with van der Waals surface area (Å²) in [5, 5.41) is 12.5. The van der Waals surface area contributed by atoms with Crippen LogP contribution in [0.2, 0.25) is 0 Å². The Labute approximate surface area is 189 Å². The summed E-state index contributed by atoms with van der Waals surface area (Å²) >= 11 is 1.50. The zero-order valence-corrected chi connectivity index (χ0v) is 17.9. The minimum absolute atomic E-state index is 0.0783. The van der Waals surface area contributed by atoms with Crippen LogP contribution in [-0.2, 0) is 4.79 Å². The van der Waals surface area contributed by atoms with E-state index in [9.17, 15) is 4.79 Å². The molecule has 0 saturated heterocycles. The molecule has 1 amide bonds. The van der Waals surface area contributed by atoms with E-state index in [1.807, 2.05) is 65.2 Å². The zero-order valence-electron chi connectivity index (χ0n) is 17.1. The van der Waals surface area contributed by atoms with Gasteiger partial charge in [-0.2, -0.15) is 0 Å². The summed E-state index contributed by atoms with van der Waals surface area (Å²) in [4.78, 5) is 12.4. The molecule has 8 heteroatoms. The Morgan fingerprint density at radius 1 is 0.938 bits per heavy atom. The molecule has 1 aliphatic heterocycles. The number of amides is 1. The third-order valence-electron chi connectivity index (χ3n) is 4.90. The van der Waals surface area contributed by atoms with Gasteiger partial charge in [-0.25, -0.2) is 0 Å². The van der Waals surface area contributed by atoms with Crippen molar-refractivity contribution in [2.75, 3.05) is 17.9 Å². The minimum Gasteiger partial charge on any atom is -0.454 e. The molecular formula is C24H20N4O3S. The zero-order chi connectivity index (χ0) is 21.8. The maximum absolute atomic E-state index is 12.4. The van der Waals surface area contributed by atoms with Crippen molar-refractivity contribution >= 4 is 23.4 Å². The van der Waals surface area contributed by atoms with Crippen molar-refractivity contribution in [1.29, 1.82) is 0 Å². The molecule has 0 bridgehead atoms. The first-order valence-corrected chi connectivity index (χ1v) is 11.1. The summed E-state index contributed by atoms with van der Waals surface area (Å²) in [5.41, 5.74) is 2.64. The molecule has 2 heterocycles. The van der Waals surface area contributed by atoms with Gasteiger partial charge in [0.1, 0.15) is 0 Å². The molecule has 0 atom stereocenters. The fourth-order valence-electron chi connectivity index (χ4n) is 3.38. The average Bonchev–Trinajstić information content (AvgIpc) is 3.47. The fourth-order valence-corrected chi connectivity index (χ4v) is 4.27. The van der Waals surface area contributed by atoms with Gasteiger partial charge in [-0.05, 0) is 24.3 Å². The Kier molecular flexibility index (Phi) is 5.76. The average molecular weight is 445 g/mol. The predicted molar refractivity (Wildman–Crippen MR) is 123 cm³/mol. The van der Waals surface area contributed by atoms with E-state index in [0.29, 0.717) is 29.4 Å². The van der Waals surface area contributed by atoms with Crippen LogP contribution in [0.25, 0.3) is 17.1 Å². The number of carbonyl (C=O) groups excluding carboxylic acids is 1. The number of anilines is 1. The van der Waals surface area contributed by atoms with Gasteiger partial charge in [0.05, 0.1) is 0 Å². The second-order valence-corrected chi connectivity index (χ2v) is 8.12. The minimum atomic E-state index is -0.0783. The van der Waals surface area contributed by atoms with Crippen molar-refractivity contribution in [1.82, 2.24) is 14.8 Å². The van der Waals surface area contributed by atoms with Crippen LogP contribution in [-0.4, -0.2) is 33.2 Å². The number of carbonyl (C=O) groups is 1. The number of benzene rings is 3. The smallest absolute Gasteiger partial charge is 0.231 e. The van der Waals surface area contributed by atoms with Crippen molar-refractivity contribution in [2.24, 2.45) is 0 Å². The van der Waals surface area contributed by atoms with Crippen LogP contribution < -0.4 is 14.8 Å².